The number of imide groups is 1. The molecule has 7 heteroatoms. The number of amides is 2. The predicted molar refractivity (Wildman–Crippen MR) is 81.1 cm³/mol. The van der Waals surface area contributed by atoms with Gasteiger partial charge in [-0.2, -0.15) is 0 Å². The van der Waals surface area contributed by atoms with E-state index in [1.807, 2.05) is 13.8 Å². The molecule has 1 aliphatic rings. The van der Waals surface area contributed by atoms with E-state index in [0.717, 1.165) is 0 Å². The number of nitrogens with one attached hydrogen (secondary N) is 2. The zero-order chi connectivity index (χ0) is 15.2. The van der Waals surface area contributed by atoms with Crippen molar-refractivity contribution in [3.05, 3.63) is 18.2 Å². The van der Waals surface area contributed by atoms with Crippen molar-refractivity contribution in [1.29, 1.82) is 0 Å². The number of carbonyl (C=O) groups is 2. The molecular weight excluding hydrogens is 292 g/mol. The maximum Gasteiger partial charge on any atom is 0.234 e. The molecule has 3 rings (SSSR count). The molecule has 0 atom stereocenters. The van der Waals surface area contributed by atoms with E-state index in [-0.39, 0.29) is 17.2 Å². The highest BCUT2D eigenvalue weighted by Gasteiger charge is 2.38. The van der Waals surface area contributed by atoms with Crippen LogP contribution in [0.3, 0.4) is 0 Å². The van der Waals surface area contributed by atoms with Gasteiger partial charge in [0.15, 0.2) is 0 Å². The molecule has 6 nitrogen and oxygen atoms in total. The minimum absolute atomic E-state index is 0.175. The lowest BCUT2D eigenvalue weighted by Crippen LogP contribution is -2.46. The number of imidazole rings is 1. The third kappa shape index (κ3) is 2.47. The number of benzene rings is 1. The Morgan fingerprint density at radius 2 is 1.95 bits per heavy atom. The van der Waals surface area contributed by atoms with Crippen LogP contribution in [0.2, 0.25) is 0 Å². The summed E-state index contributed by atoms with van der Waals surface area (Å²) in [4.78, 5) is 35.3. The van der Waals surface area contributed by atoms with Gasteiger partial charge in [-0.15, -0.1) is 0 Å². The molecule has 0 bridgehead atoms. The van der Waals surface area contributed by atoms with Gasteiger partial charge in [0.25, 0.3) is 0 Å². The van der Waals surface area contributed by atoms with Crippen molar-refractivity contribution >= 4 is 46.3 Å². The molecule has 110 valence electrons. The van der Waals surface area contributed by atoms with Gasteiger partial charge in [0.1, 0.15) is 0 Å². The molecule has 0 unspecified atom stereocenters. The van der Waals surface area contributed by atoms with E-state index < -0.39 is 0 Å². The highest BCUT2D eigenvalue weighted by atomic mass is 35.5. The fourth-order valence-corrected chi connectivity index (χ4v) is 2.74. The summed E-state index contributed by atoms with van der Waals surface area (Å²) in [6.45, 7) is 3.85. The number of hydrogen-bond donors (Lipinski definition) is 2. The number of H-pyrrole nitrogens is 1. The van der Waals surface area contributed by atoms with Crippen LogP contribution in [0.5, 0.6) is 0 Å². The van der Waals surface area contributed by atoms with Gasteiger partial charge in [0.05, 0.1) is 16.7 Å². The number of halogens is 1. The Balaban J connectivity index is 1.99. The lowest BCUT2D eigenvalue weighted by molar-refractivity contribution is -0.132. The van der Waals surface area contributed by atoms with Crippen LogP contribution in [0.25, 0.3) is 11.0 Å². The molecule has 1 aromatic carbocycles. The van der Waals surface area contributed by atoms with Gasteiger partial charge in [0.2, 0.25) is 17.8 Å². The number of carbonyl (C=O) groups excluding carboxylic acids is 2. The van der Waals surface area contributed by atoms with E-state index in [2.05, 4.69) is 14.8 Å². The summed E-state index contributed by atoms with van der Waals surface area (Å²) in [6.07, 6.45) is 0.711. The average Bonchev–Trinajstić information content (AvgIpc) is 2.78. The first-order valence-corrected chi connectivity index (χ1v) is 7.00. The Morgan fingerprint density at radius 1 is 1.29 bits per heavy atom. The molecule has 1 fully saturated rings. The van der Waals surface area contributed by atoms with E-state index in [4.69, 9.17) is 11.8 Å². The Hall–Kier alpha value is -2.08. The third-order valence-corrected chi connectivity index (χ3v) is 3.75. The second-order valence-corrected chi connectivity index (χ2v) is 6.21. The summed E-state index contributed by atoms with van der Waals surface area (Å²) in [5.74, 6) is 0.0675. The summed E-state index contributed by atoms with van der Waals surface area (Å²) in [6, 6.07) is 5.20. The highest BCUT2D eigenvalue weighted by molar-refractivity contribution is 6.23. The highest BCUT2D eigenvalue weighted by Crippen LogP contribution is 2.34. The lowest BCUT2D eigenvalue weighted by atomic mass is 9.81. The Bertz CT molecular complexity index is 718. The third-order valence-electron chi connectivity index (χ3n) is 3.57. The monoisotopic (exact) mass is 306 g/mol. The maximum atomic E-state index is 12.3. The number of fused-ring (bicyclic) bond motifs is 1. The number of piperidine rings is 1. The van der Waals surface area contributed by atoms with E-state index in [9.17, 15) is 9.59 Å². The molecule has 1 aliphatic heterocycles. The van der Waals surface area contributed by atoms with Gasteiger partial charge < -0.3 is 4.98 Å². The molecule has 1 aromatic heterocycles. The molecule has 21 heavy (non-hydrogen) atoms. The maximum absolute atomic E-state index is 12.3. The second kappa shape index (κ2) is 4.73. The fraction of sp³-hybridized carbons (Fsp3) is 0.357. The minimum atomic E-state index is -0.279. The van der Waals surface area contributed by atoms with Crippen molar-refractivity contribution in [3.8, 4) is 0 Å². The van der Waals surface area contributed by atoms with Crippen LogP contribution < -0.4 is 9.74 Å². The van der Waals surface area contributed by atoms with Gasteiger partial charge in [-0.05, 0) is 23.6 Å². The number of anilines is 2. The Morgan fingerprint density at radius 3 is 2.57 bits per heavy atom. The van der Waals surface area contributed by atoms with Gasteiger partial charge in [-0.25, -0.2) is 4.98 Å². The van der Waals surface area contributed by atoms with Crippen molar-refractivity contribution in [1.82, 2.24) is 9.97 Å². The molecule has 0 saturated carbocycles. The zero-order valence-electron chi connectivity index (χ0n) is 11.7. The number of hydrogen-bond acceptors (Lipinski definition) is 4. The summed E-state index contributed by atoms with van der Waals surface area (Å²) in [5.41, 5.74) is 1.69. The largest absolute Gasteiger partial charge is 0.323 e. The van der Waals surface area contributed by atoms with Crippen LogP contribution in [-0.2, 0) is 9.59 Å². The van der Waals surface area contributed by atoms with E-state index in [0.29, 0.717) is 35.5 Å². The normalized spacial score (nSPS) is 18.3. The van der Waals surface area contributed by atoms with Gasteiger partial charge in [-0.3, -0.25) is 19.3 Å². The van der Waals surface area contributed by atoms with Gasteiger partial charge in [-0.1, -0.05) is 13.8 Å². The van der Waals surface area contributed by atoms with E-state index >= 15 is 0 Å². The molecule has 2 amide bonds. The Labute approximate surface area is 126 Å². The van der Waals surface area contributed by atoms with Gasteiger partial charge in [0, 0.05) is 24.6 Å². The number of nitrogens with zero attached hydrogens (tertiary/aromatic N) is 2. The first-order valence-electron chi connectivity index (χ1n) is 6.62. The van der Waals surface area contributed by atoms with Crippen molar-refractivity contribution < 1.29 is 9.59 Å². The first kappa shape index (κ1) is 13.9. The first-order chi connectivity index (χ1) is 9.89. The lowest BCUT2D eigenvalue weighted by Gasteiger charge is -2.34. The van der Waals surface area contributed by atoms with Gasteiger partial charge >= 0.3 is 0 Å². The molecule has 1 saturated heterocycles. The van der Waals surface area contributed by atoms with Crippen molar-refractivity contribution in [2.45, 2.75) is 26.7 Å². The fourth-order valence-electron chi connectivity index (χ4n) is 2.65. The van der Waals surface area contributed by atoms with Crippen molar-refractivity contribution in [3.63, 3.8) is 0 Å². The Kier molecular flexibility index (Phi) is 3.13. The molecule has 2 heterocycles. The van der Waals surface area contributed by atoms with Crippen LogP contribution in [-0.4, -0.2) is 21.8 Å². The SMILES string of the molecule is CC1(C)CC(=O)N(c2ccc3nc(NCl)[nH]c3c2)C(=O)C1. The molecule has 2 aromatic rings. The van der Waals surface area contributed by atoms with E-state index in [1.54, 1.807) is 18.2 Å². The van der Waals surface area contributed by atoms with Crippen molar-refractivity contribution in [2.75, 3.05) is 9.74 Å². The molecule has 0 radical (unpaired) electrons. The topological polar surface area (TPSA) is 78.1 Å². The standard InChI is InChI=1S/C14H15ClN4O2/c1-14(2)6-11(20)19(12(21)7-14)8-3-4-9-10(5-8)17-13(16-9)18-15/h3-5H,6-7H2,1-2H3,(H2,16,17,18). The van der Waals surface area contributed by atoms with Crippen LogP contribution >= 0.6 is 11.8 Å². The van der Waals surface area contributed by atoms with Crippen LogP contribution in [0.15, 0.2) is 18.2 Å². The molecule has 0 spiro atoms. The summed E-state index contributed by atoms with van der Waals surface area (Å²) < 4.78 is 0. The second-order valence-electron chi connectivity index (χ2n) is 6.02. The van der Waals surface area contributed by atoms with Crippen molar-refractivity contribution in [2.24, 2.45) is 5.41 Å². The number of aromatic amines is 1. The smallest absolute Gasteiger partial charge is 0.234 e. The number of rotatable bonds is 2. The summed E-state index contributed by atoms with van der Waals surface area (Å²) in [7, 11) is 0. The minimum Gasteiger partial charge on any atom is -0.323 e. The van der Waals surface area contributed by atoms with Crippen LogP contribution in [0, 0.1) is 5.41 Å². The van der Waals surface area contributed by atoms with Crippen LogP contribution in [0.4, 0.5) is 11.6 Å². The molecule has 2 N–H and O–H groups in total. The van der Waals surface area contributed by atoms with Crippen LogP contribution in [0.1, 0.15) is 26.7 Å². The summed E-state index contributed by atoms with van der Waals surface area (Å²) >= 11 is 5.50. The summed E-state index contributed by atoms with van der Waals surface area (Å²) in [5, 5.41) is 0. The number of aromatic nitrogens is 2. The average molecular weight is 307 g/mol. The van der Waals surface area contributed by atoms with E-state index in [1.165, 1.54) is 4.90 Å². The quantitative estimate of drug-likeness (QED) is 0.660. The predicted octanol–water partition coefficient (Wildman–Crippen LogP) is 2.81. The zero-order valence-corrected chi connectivity index (χ0v) is 12.5. The molecular formula is C14H15ClN4O2. The molecule has 0 aliphatic carbocycles.